The van der Waals surface area contributed by atoms with Crippen LogP contribution in [0.25, 0.3) is 0 Å². The van der Waals surface area contributed by atoms with E-state index in [-0.39, 0.29) is 0 Å². The number of ether oxygens (including phenoxy) is 3. The van der Waals surface area contributed by atoms with Gasteiger partial charge in [-0.05, 0) is 42.6 Å². The Morgan fingerprint density at radius 2 is 1.73 bits per heavy atom. The van der Waals surface area contributed by atoms with Crippen molar-refractivity contribution in [2.45, 2.75) is 19.3 Å². The molecule has 2 aromatic carbocycles. The summed E-state index contributed by atoms with van der Waals surface area (Å²) >= 11 is 0. The summed E-state index contributed by atoms with van der Waals surface area (Å²) in [5.41, 5.74) is 2.58. The molecule has 140 valence electrons. The third-order valence-electron chi connectivity index (χ3n) is 4.76. The van der Waals surface area contributed by atoms with Crippen LogP contribution in [0, 0.1) is 0 Å². The van der Waals surface area contributed by atoms with Crippen molar-refractivity contribution in [2.24, 2.45) is 0 Å². The van der Waals surface area contributed by atoms with Crippen LogP contribution in [0.1, 0.15) is 17.5 Å². The standard InChI is InChI=1S/C22H29NO3/c1-24-22-18-20(8-5-12-23-13-16-25-17-14-23)9-10-21(22)26-15-11-19-6-3-2-4-7-19/h2-4,6-7,9-10,18H,5,8,11-17H2,1H3. The Morgan fingerprint density at radius 1 is 0.923 bits per heavy atom. The molecule has 1 heterocycles. The van der Waals surface area contributed by atoms with Crippen LogP contribution < -0.4 is 9.47 Å². The maximum atomic E-state index is 5.94. The van der Waals surface area contributed by atoms with Crippen LogP contribution in [0.2, 0.25) is 0 Å². The number of aryl methyl sites for hydroxylation is 1. The van der Waals surface area contributed by atoms with Gasteiger partial charge in [-0.2, -0.15) is 0 Å². The van der Waals surface area contributed by atoms with E-state index in [1.54, 1.807) is 7.11 Å². The van der Waals surface area contributed by atoms with Crippen LogP contribution in [0.3, 0.4) is 0 Å². The van der Waals surface area contributed by atoms with Crippen molar-refractivity contribution in [1.29, 1.82) is 0 Å². The lowest BCUT2D eigenvalue weighted by Gasteiger charge is -2.26. The summed E-state index contributed by atoms with van der Waals surface area (Å²) in [6.07, 6.45) is 3.10. The Morgan fingerprint density at radius 3 is 2.50 bits per heavy atom. The van der Waals surface area contributed by atoms with Gasteiger partial charge in [-0.3, -0.25) is 4.90 Å². The van der Waals surface area contributed by atoms with Crippen molar-refractivity contribution in [1.82, 2.24) is 4.90 Å². The summed E-state index contributed by atoms with van der Waals surface area (Å²) in [5.74, 6) is 1.64. The van der Waals surface area contributed by atoms with Gasteiger partial charge in [0.25, 0.3) is 0 Å². The number of rotatable bonds is 9. The molecule has 0 atom stereocenters. The molecule has 3 rings (SSSR count). The zero-order chi connectivity index (χ0) is 18.0. The molecule has 0 N–H and O–H groups in total. The molecule has 1 aliphatic heterocycles. The van der Waals surface area contributed by atoms with Gasteiger partial charge in [0.1, 0.15) is 0 Å². The van der Waals surface area contributed by atoms with Gasteiger partial charge < -0.3 is 14.2 Å². The van der Waals surface area contributed by atoms with E-state index in [9.17, 15) is 0 Å². The van der Waals surface area contributed by atoms with Crippen molar-refractivity contribution in [3.63, 3.8) is 0 Å². The van der Waals surface area contributed by atoms with Crippen LogP contribution >= 0.6 is 0 Å². The van der Waals surface area contributed by atoms with Crippen molar-refractivity contribution in [2.75, 3.05) is 46.6 Å². The van der Waals surface area contributed by atoms with Gasteiger partial charge in [-0.15, -0.1) is 0 Å². The molecule has 0 radical (unpaired) electrons. The first kappa shape index (κ1) is 18.7. The van der Waals surface area contributed by atoms with Gasteiger partial charge in [0, 0.05) is 19.5 Å². The largest absolute Gasteiger partial charge is 0.493 e. The normalized spacial score (nSPS) is 15.0. The predicted octanol–water partition coefficient (Wildman–Crippen LogP) is 3.58. The number of hydrogen-bond acceptors (Lipinski definition) is 4. The molecule has 4 heteroatoms. The van der Waals surface area contributed by atoms with E-state index in [0.717, 1.165) is 63.6 Å². The predicted molar refractivity (Wildman–Crippen MR) is 104 cm³/mol. The molecule has 0 spiro atoms. The topological polar surface area (TPSA) is 30.9 Å². The zero-order valence-electron chi connectivity index (χ0n) is 15.7. The zero-order valence-corrected chi connectivity index (χ0v) is 15.7. The van der Waals surface area contributed by atoms with E-state index in [2.05, 4.69) is 41.3 Å². The molecule has 26 heavy (non-hydrogen) atoms. The van der Waals surface area contributed by atoms with E-state index < -0.39 is 0 Å². The highest BCUT2D eigenvalue weighted by Gasteiger charge is 2.10. The Hall–Kier alpha value is -2.04. The fourth-order valence-electron chi connectivity index (χ4n) is 3.24. The summed E-state index contributed by atoms with van der Waals surface area (Å²) in [5, 5.41) is 0. The lowest BCUT2D eigenvalue weighted by Crippen LogP contribution is -2.36. The Balaban J connectivity index is 1.47. The van der Waals surface area contributed by atoms with Gasteiger partial charge in [0.2, 0.25) is 0 Å². The maximum Gasteiger partial charge on any atom is 0.161 e. The fourth-order valence-corrected chi connectivity index (χ4v) is 3.24. The van der Waals surface area contributed by atoms with Gasteiger partial charge in [0.15, 0.2) is 11.5 Å². The molecule has 0 saturated carbocycles. The van der Waals surface area contributed by atoms with Crippen LogP contribution in [0.5, 0.6) is 11.5 Å². The average Bonchev–Trinajstić information content (AvgIpc) is 2.70. The summed E-state index contributed by atoms with van der Waals surface area (Å²) in [7, 11) is 1.71. The molecule has 2 aromatic rings. The quantitative estimate of drug-likeness (QED) is 0.688. The molecule has 0 bridgehead atoms. The first-order valence-corrected chi connectivity index (χ1v) is 9.49. The first-order chi connectivity index (χ1) is 12.8. The third kappa shape index (κ3) is 5.75. The van der Waals surface area contributed by atoms with Crippen molar-refractivity contribution in [3.05, 3.63) is 59.7 Å². The van der Waals surface area contributed by atoms with Crippen LogP contribution in [-0.2, 0) is 17.6 Å². The van der Waals surface area contributed by atoms with E-state index in [0.29, 0.717) is 6.61 Å². The minimum atomic E-state index is 0.650. The Labute approximate surface area is 156 Å². The molecule has 0 aliphatic carbocycles. The fraction of sp³-hybridized carbons (Fsp3) is 0.455. The van der Waals surface area contributed by atoms with Crippen LogP contribution in [0.4, 0.5) is 0 Å². The summed E-state index contributed by atoms with van der Waals surface area (Å²) in [6, 6.07) is 16.7. The number of hydrogen-bond donors (Lipinski definition) is 0. The lowest BCUT2D eigenvalue weighted by atomic mass is 10.1. The van der Waals surface area contributed by atoms with E-state index in [1.807, 2.05) is 12.1 Å². The van der Waals surface area contributed by atoms with Crippen LogP contribution in [0.15, 0.2) is 48.5 Å². The number of benzene rings is 2. The summed E-state index contributed by atoms with van der Waals surface area (Å²) in [6.45, 7) is 5.61. The average molecular weight is 355 g/mol. The highest BCUT2D eigenvalue weighted by Crippen LogP contribution is 2.28. The molecule has 0 unspecified atom stereocenters. The van der Waals surface area contributed by atoms with Crippen molar-refractivity contribution >= 4 is 0 Å². The third-order valence-corrected chi connectivity index (χ3v) is 4.76. The van der Waals surface area contributed by atoms with Gasteiger partial charge in [-0.1, -0.05) is 36.4 Å². The smallest absolute Gasteiger partial charge is 0.161 e. The maximum absolute atomic E-state index is 5.94. The molecule has 0 aromatic heterocycles. The number of nitrogens with zero attached hydrogens (tertiary/aromatic N) is 1. The molecule has 0 amide bonds. The highest BCUT2D eigenvalue weighted by molar-refractivity contribution is 5.43. The Kier molecular flexibility index (Phi) is 7.35. The monoisotopic (exact) mass is 355 g/mol. The second kappa shape index (κ2) is 10.2. The minimum absolute atomic E-state index is 0.650. The van der Waals surface area contributed by atoms with Gasteiger partial charge in [-0.25, -0.2) is 0 Å². The molecule has 1 saturated heterocycles. The second-order valence-electron chi connectivity index (χ2n) is 6.63. The number of methoxy groups -OCH3 is 1. The van der Waals surface area contributed by atoms with E-state index in [4.69, 9.17) is 14.2 Å². The first-order valence-electron chi connectivity index (χ1n) is 9.49. The van der Waals surface area contributed by atoms with E-state index >= 15 is 0 Å². The Bertz CT molecular complexity index is 654. The minimum Gasteiger partial charge on any atom is -0.493 e. The number of morpholine rings is 1. The highest BCUT2D eigenvalue weighted by atomic mass is 16.5. The van der Waals surface area contributed by atoms with Crippen LogP contribution in [-0.4, -0.2) is 51.5 Å². The second-order valence-corrected chi connectivity index (χ2v) is 6.63. The SMILES string of the molecule is COc1cc(CCCN2CCOCC2)ccc1OCCc1ccccc1. The molecule has 1 fully saturated rings. The molecular weight excluding hydrogens is 326 g/mol. The summed E-state index contributed by atoms with van der Waals surface area (Å²) < 4.78 is 16.9. The molecule has 4 nitrogen and oxygen atoms in total. The van der Waals surface area contributed by atoms with Crippen molar-refractivity contribution in [3.8, 4) is 11.5 Å². The van der Waals surface area contributed by atoms with Crippen molar-refractivity contribution < 1.29 is 14.2 Å². The summed E-state index contributed by atoms with van der Waals surface area (Å²) in [4.78, 5) is 2.47. The lowest BCUT2D eigenvalue weighted by molar-refractivity contribution is 0.0374. The van der Waals surface area contributed by atoms with Gasteiger partial charge in [0.05, 0.1) is 26.9 Å². The molecule has 1 aliphatic rings. The van der Waals surface area contributed by atoms with Gasteiger partial charge >= 0.3 is 0 Å². The molecular formula is C22H29NO3. The van der Waals surface area contributed by atoms with E-state index in [1.165, 1.54) is 11.1 Å².